The van der Waals surface area contributed by atoms with Crippen LogP contribution in [-0.4, -0.2) is 66.6 Å². The van der Waals surface area contributed by atoms with Crippen molar-refractivity contribution >= 4 is 11.7 Å². The van der Waals surface area contributed by atoms with E-state index < -0.39 is 12.1 Å². The molecule has 2 aliphatic heterocycles. The first kappa shape index (κ1) is 29.7. The number of anilines is 1. The number of fused-ring (bicyclic) bond motifs is 1. The fraction of sp³-hybridized carbons (Fsp3) is 0.625. The second kappa shape index (κ2) is 11.9. The van der Waals surface area contributed by atoms with E-state index in [9.17, 15) is 14.3 Å². The molecule has 224 valence electrons. The van der Waals surface area contributed by atoms with Gasteiger partial charge in [0.05, 0.1) is 18.2 Å². The molecule has 0 unspecified atom stereocenters. The molecule has 8 nitrogen and oxygen atoms in total. The zero-order valence-corrected chi connectivity index (χ0v) is 25.0. The minimum Gasteiger partial charge on any atom is -0.483 e. The highest BCUT2D eigenvalue weighted by atomic mass is 19.1. The van der Waals surface area contributed by atoms with Crippen molar-refractivity contribution in [3.05, 3.63) is 53.0 Å². The molecular weight excluding hydrogens is 523 g/mol. The number of carbonyl (C=O) groups excluding carboxylic acids is 1. The molecule has 41 heavy (non-hydrogen) atoms. The fourth-order valence-corrected chi connectivity index (χ4v) is 6.23. The second-order valence-corrected chi connectivity index (χ2v) is 13.4. The monoisotopic (exact) mass is 568 g/mol. The summed E-state index contributed by atoms with van der Waals surface area (Å²) in [6.45, 7) is 9.90. The molecule has 3 atom stereocenters. The first-order chi connectivity index (χ1) is 19.4. The summed E-state index contributed by atoms with van der Waals surface area (Å²) in [6, 6.07) is 7.86. The van der Waals surface area contributed by atoms with E-state index in [1.807, 2.05) is 6.07 Å². The molecule has 1 aromatic carbocycles. The number of aliphatic hydroxyl groups excluding tert-OH is 1. The zero-order chi connectivity index (χ0) is 29.4. The van der Waals surface area contributed by atoms with Crippen molar-refractivity contribution in [3.8, 4) is 5.75 Å². The lowest BCUT2D eigenvalue weighted by molar-refractivity contribution is -0.120. The van der Waals surface area contributed by atoms with Crippen molar-refractivity contribution < 1.29 is 23.8 Å². The van der Waals surface area contributed by atoms with Gasteiger partial charge in [0.25, 0.3) is 0 Å². The van der Waals surface area contributed by atoms with Crippen LogP contribution in [0, 0.1) is 11.2 Å². The summed E-state index contributed by atoms with van der Waals surface area (Å²) in [5.74, 6) is 1.15. The number of aromatic nitrogens is 1. The highest BCUT2D eigenvalue weighted by molar-refractivity contribution is 5.73. The molecular formula is C32H45FN4O4. The Kier molecular flexibility index (Phi) is 8.60. The van der Waals surface area contributed by atoms with Crippen molar-refractivity contribution in [3.63, 3.8) is 0 Å². The maximum Gasteiger partial charge on any atom is 0.217 e. The summed E-state index contributed by atoms with van der Waals surface area (Å²) < 4.78 is 26.2. The Labute approximate surface area is 243 Å². The van der Waals surface area contributed by atoms with Crippen LogP contribution in [-0.2, 0) is 22.4 Å². The SMILES string of the molecule is COC1CN(c2nc(CC(C)(C)C)cc3c2OC2(CCC2)C[C@@H]3NC[C@H](O)[C@H](Cc2cccc(F)c2)NC(C)=O)C1. The topological polar surface area (TPSA) is 96.0 Å². The second-order valence-electron chi connectivity index (χ2n) is 13.4. The van der Waals surface area contributed by atoms with E-state index in [0.29, 0.717) is 6.42 Å². The van der Waals surface area contributed by atoms with Gasteiger partial charge in [-0.1, -0.05) is 32.9 Å². The Hall–Kier alpha value is -2.75. The van der Waals surface area contributed by atoms with Gasteiger partial charge in [-0.25, -0.2) is 9.37 Å². The molecule has 5 rings (SSSR count). The number of nitrogens with zero attached hydrogens (tertiary/aromatic N) is 2. The lowest BCUT2D eigenvalue weighted by atomic mass is 9.72. The number of amides is 1. The molecule has 3 aliphatic rings. The van der Waals surface area contributed by atoms with E-state index in [1.54, 1.807) is 13.2 Å². The van der Waals surface area contributed by atoms with Gasteiger partial charge in [0.1, 0.15) is 11.4 Å². The van der Waals surface area contributed by atoms with Gasteiger partial charge in [0.2, 0.25) is 5.91 Å². The number of nitrogens with one attached hydrogen (secondary N) is 2. The van der Waals surface area contributed by atoms with Crippen LogP contribution in [0.3, 0.4) is 0 Å². The van der Waals surface area contributed by atoms with E-state index in [4.69, 9.17) is 14.5 Å². The van der Waals surface area contributed by atoms with E-state index >= 15 is 0 Å². The number of halogens is 1. The highest BCUT2D eigenvalue weighted by Gasteiger charge is 2.48. The van der Waals surface area contributed by atoms with Crippen molar-refractivity contribution in [2.75, 3.05) is 31.6 Å². The van der Waals surface area contributed by atoms with Crippen molar-refractivity contribution in [1.82, 2.24) is 15.6 Å². The lowest BCUT2D eigenvalue weighted by Gasteiger charge is -2.50. The summed E-state index contributed by atoms with van der Waals surface area (Å²) in [7, 11) is 1.74. The fourth-order valence-electron chi connectivity index (χ4n) is 6.23. The van der Waals surface area contributed by atoms with Crippen LogP contribution in [0.4, 0.5) is 10.2 Å². The zero-order valence-electron chi connectivity index (χ0n) is 25.0. The third-order valence-corrected chi connectivity index (χ3v) is 8.54. The smallest absolute Gasteiger partial charge is 0.217 e. The predicted molar refractivity (Wildman–Crippen MR) is 157 cm³/mol. The summed E-state index contributed by atoms with van der Waals surface area (Å²) in [6.07, 6.45) is 4.38. The molecule has 3 heterocycles. The molecule has 1 spiro atoms. The minimum atomic E-state index is -0.876. The van der Waals surface area contributed by atoms with E-state index in [1.165, 1.54) is 19.1 Å². The number of benzene rings is 1. The molecule has 0 radical (unpaired) electrons. The van der Waals surface area contributed by atoms with Gasteiger partial charge in [0, 0.05) is 57.4 Å². The molecule has 2 fully saturated rings. The number of aliphatic hydroxyl groups is 1. The van der Waals surface area contributed by atoms with E-state index in [2.05, 4.69) is 42.4 Å². The van der Waals surface area contributed by atoms with Gasteiger partial charge in [0.15, 0.2) is 11.6 Å². The van der Waals surface area contributed by atoms with Gasteiger partial charge in [-0.05, 0) is 61.3 Å². The Morgan fingerprint density at radius 2 is 2.05 bits per heavy atom. The molecule has 1 saturated heterocycles. The first-order valence-electron chi connectivity index (χ1n) is 14.9. The van der Waals surface area contributed by atoms with Crippen LogP contribution >= 0.6 is 0 Å². The summed E-state index contributed by atoms with van der Waals surface area (Å²) in [5, 5.41) is 17.8. The number of carbonyl (C=O) groups is 1. The molecule has 1 aromatic heterocycles. The van der Waals surface area contributed by atoms with Crippen LogP contribution in [0.5, 0.6) is 5.75 Å². The number of rotatable bonds is 10. The summed E-state index contributed by atoms with van der Waals surface area (Å²) in [5.41, 5.74) is 2.64. The first-order valence-corrected chi connectivity index (χ1v) is 14.9. The largest absolute Gasteiger partial charge is 0.483 e. The van der Waals surface area contributed by atoms with Crippen LogP contribution in [0.1, 0.15) is 76.2 Å². The van der Waals surface area contributed by atoms with Gasteiger partial charge in [-0.3, -0.25) is 4.79 Å². The molecule has 2 aromatic rings. The minimum absolute atomic E-state index is 0.0409. The maximum absolute atomic E-state index is 13.8. The number of ether oxygens (including phenoxy) is 2. The van der Waals surface area contributed by atoms with E-state index in [0.717, 1.165) is 73.6 Å². The Morgan fingerprint density at radius 1 is 1.29 bits per heavy atom. The van der Waals surface area contributed by atoms with Crippen LogP contribution < -0.4 is 20.3 Å². The van der Waals surface area contributed by atoms with Gasteiger partial charge < -0.3 is 30.1 Å². The average Bonchev–Trinajstić information content (AvgIpc) is 2.84. The summed E-state index contributed by atoms with van der Waals surface area (Å²) in [4.78, 5) is 19.4. The lowest BCUT2D eigenvalue weighted by Crippen LogP contribution is -2.54. The normalized spacial score (nSPS) is 21.3. The molecule has 1 aliphatic carbocycles. The number of methoxy groups -OCH3 is 1. The van der Waals surface area contributed by atoms with Crippen LogP contribution in [0.25, 0.3) is 0 Å². The van der Waals surface area contributed by atoms with Crippen molar-refractivity contribution in [2.45, 2.75) is 96.1 Å². The predicted octanol–water partition coefficient (Wildman–Crippen LogP) is 4.09. The Morgan fingerprint density at radius 3 is 2.66 bits per heavy atom. The average molecular weight is 569 g/mol. The molecule has 1 saturated carbocycles. The van der Waals surface area contributed by atoms with Crippen LogP contribution in [0.2, 0.25) is 0 Å². The highest BCUT2D eigenvalue weighted by Crippen LogP contribution is 2.52. The maximum atomic E-state index is 13.8. The summed E-state index contributed by atoms with van der Waals surface area (Å²) >= 11 is 0. The quantitative estimate of drug-likeness (QED) is 0.397. The molecule has 1 amide bonds. The third-order valence-electron chi connectivity index (χ3n) is 8.54. The number of hydrogen-bond donors (Lipinski definition) is 3. The standard InChI is InChI=1S/C32H45FN4O4/c1-20(38)35-26(13-21-8-6-9-22(33)12-21)28(39)17-34-27-16-32(10-7-11-32)41-29-25(27)14-23(15-31(2,3)4)36-30(29)37-18-24(19-37)40-5/h6,8-9,12,14,24,26-28,34,39H,7,10-11,13,15-19H2,1-5H3,(H,35,38)/t26-,27-,28-/m0/s1. The number of pyridine rings is 1. The van der Waals surface area contributed by atoms with Gasteiger partial charge >= 0.3 is 0 Å². The molecule has 0 bridgehead atoms. The molecule has 9 heteroatoms. The van der Waals surface area contributed by atoms with Gasteiger partial charge in [-0.15, -0.1) is 0 Å². The number of hydrogen-bond acceptors (Lipinski definition) is 7. The molecule has 3 N–H and O–H groups in total. The van der Waals surface area contributed by atoms with E-state index in [-0.39, 0.29) is 41.4 Å². The Bertz CT molecular complexity index is 1240. The van der Waals surface area contributed by atoms with Crippen molar-refractivity contribution in [1.29, 1.82) is 0 Å². The van der Waals surface area contributed by atoms with Gasteiger partial charge in [-0.2, -0.15) is 0 Å². The third kappa shape index (κ3) is 7.01. The van der Waals surface area contributed by atoms with Crippen molar-refractivity contribution in [2.24, 2.45) is 5.41 Å². The van der Waals surface area contributed by atoms with Crippen LogP contribution in [0.15, 0.2) is 30.3 Å². The Balaban J connectivity index is 1.41.